The zero-order valence-corrected chi connectivity index (χ0v) is 11.2. The highest BCUT2D eigenvalue weighted by molar-refractivity contribution is 5.47. The maximum Gasteiger partial charge on any atom is 0.123 e. The largest absolute Gasteiger partial charge is 0.394 e. The van der Waals surface area contributed by atoms with E-state index in [9.17, 15) is 9.50 Å². The highest BCUT2D eigenvalue weighted by Gasteiger charge is 2.13. The first-order chi connectivity index (χ1) is 9.10. The van der Waals surface area contributed by atoms with Crippen molar-refractivity contribution < 1.29 is 9.50 Å². The zero-order chi connectivity index (χ0) is 13.8. The van der Waals surface area contributed by atoms with Crippen LogP contribution in [-0.4, -0.2) is 11.7 Å². The minimum atomic E-state index is -0.307. The molecule has 0 saturated carbocycles. The molecule has 1 atom stereocenters. The number of aliphatic hydroxyl groups excluding tert-OH is 1. The number of aliphatic hydroxyl groups is 1. The van der Waals surface area contributed by atoms with Crippen LogP contribution in [0.3, 0.4) is 0 Å². The van der Waals surface area contributed by atoms with E-state index < -0.39 is 0 Å². The van der Waals surface area contributed by atoms with Crippen molar-refractivity contribution in [3.05, 3.63) is 65.0 Å². The monoisotopic (exact) mass is 259 g/mol. The number of anilines is 1. The Kier molecular flexibility index (Phi) is 4.17. The average molecular weight is 259 g/mol. The fourth-order valence-corrected chi connectivity index (χ4v) is 2.06. The molecule has 0 spiro atoms. The number of nitrogens with one attached hydrogen (secondary N) is 1. The lowest BCUT2D eigenvalue weighted by molar-refractivity contribution is 0.276. The van der Waals surface area contributed by atoms with Crippen LogP contribution in [0.1, 0.15) is 22.7 Å². The van der Waals surface area contributed by atoms with Gasteiger partial charge in [-0.05, 0) is 49.2 Å². The predicted octanol–water partition coefficient (Wildman–Crippen LogP) is 3.59. The van der Waals surface area contributed by atoms with Gasteiger partial charge in [0.25, 0.3) is 0 Å². The third-order valence-corrected chi connectivity index (χ3v) is 3.19. The average Bonchev–Trinajstić information content (AvgIpc) is 2.41. The molecule has 2 aromatic carbocycles. The second-order valence-corrected chi connectivity index (χ2v) is 4.75. The van der Waals surface area contributed by atoms with Crippen LogP contribution in [-0.2, 0) is 0 Å². The zero-order valence-electron chi connectivity index (χ0n) is 11.2. The second-order valence-electron chi connectivity index (χ2n) is 4.75. The Morgan fingerprint density at radius 2 is 1.79 bits per heavy atom. The SMILES string of the molecule is Cc1ccc(NC(CO)c2cc(F)ccc2C)cc1. The van der Waals surface area contributed by atoms with Gasteiger partial charge in [0.15, 0.2) is 0 Å². The molecule has 0 fully saturated rings. The number of hydrogen-bond acceptors (Lipinski definition) is 2. The Bertz CT molecular complexity index is 551. The van der Waals surface area contributed by atoms with E-state index >= 15 is 0 Å². The van der Waals surface area contributed by atoms with Crippen molar-refractivity contribution in [1.29, 1.82) is 0 Å². The summed E-state index contributed by atoms with van der Waals surface area (Å²) in [4.78, 5) is 0. The number of halogens is 1. The van der Waals surface area contributed by atoms with Gasteiger partial charge in [-0.25, -0.2) is 4.39 Å². The van der Waals surface area contributed by atoms with Gasteiger partial charge < -0.3 is 10.4 Å². The molecular formula is C16H18FNO. The van der Waals surface area contributed by atoms with Crippen molar-refractivity contribution in [2.24, 2.45) is 0 Å². The van der Waals surface area contributed by atoms with Gasteiger partial charge in [-0.1, -0.05) is 23.8 Å². The molecule has 0 radical (unpaired) electrons. The minimum absolute atomic E-state index is 0.0851. The van der Waals surface area contributed by atoms with Crippen LogP contribution in [0.4, 0.5) is 10.1 Å². The molecule has 0 saturated heterocycles. The summed E-state index contributed by atoms with van der Waals surface area (Å²) in [6, 6.07) is 12.2. The topological polar surface area (TPSA) is 32.3 Å². The molecule has 0 aliphatic carbocycles. The van der Waals surface area contributed by atoms with Crippen LogP contribution in [0.25, 0.3) is 0 Å². The molecule has 2 N–H and O–H groups in total. The van der Waals surface area contributed by atoms with Crippen molar-refractivity contribution >= 4 is 5.69 Å². The number of benzene rings is 2. The molecular weight excluding hydrogens is 241 g/mol. The second kappa shape index (κ2) is 5.85. The Morgan fingerprint density at radius 1 is 1.11 bits per heavy atom. The van der Waals surface area contributed by atoms with E-state index in [0.717, 1.165) is 16.8 Å². The molecule has 2 nitrogen and oxygen atoms in total. The smallest absolute Gasteiger partial charge is 0.123 e. The molecule has 3 heteroatoms. The fraction of sp³-hybridized carbons (Fsp3) is 0.250. The standard InChI is InChI=1S/C16H18FNO/c1-11-3-7-14(8-4-11)18-16(10-19)15-9-13(17)6-5-12(15)2/h3-9,16,18-19H,10H2,1-2H3. The maximum absolute atomic E-state index is 13.3. The summed E-state index contributed by atoms with van der Waals surface area (Å²) in [5.41, 5.74) is 3.82. The predicted molar refractivity (Wildman–Crippen MR) is 75.8 cm³/mol. The van der Waals surface area contributed by atoms with Crippen LogP contribution in [0.5, 0.6) is 0 Å². The first kappa shape index (κ1) is 13.6. The molecule has 2 aromatic rings. The lowest BCUT2D eigenvalue weighted by Gasteiger charge is -2.20. The molecule has 0 aliphatic rings. The third-order valence-electron chi connectivity index (χ3n) is 3.19. The maximum atomic E-state index is 13.3. The lowest BCUT2D eigenvalue weighted by Crippen LogP contribution is -2.16. The van der Waals surface area contributed by atoms with E-state index in [1.807, 2.05) is 38.1 Å². The summed E-state index contributed by atoms with van der Waals surface area (Å²) in [5, 5.41) is 12.7. The summed E-state index contributed by atoms with van der Waals surface area (Å²) >= 11 is 0. The Hall–Kier alpha value is -1.87. The molecule has 100 valence electrons. The Balaban J connectivity index is 2.24. The summed E-state index contributed by atoms with van der Waals surface area (Å²) in [6.45, 7) is 3.84. The number of aryl methyl sites for hydroxylation is 2. The molecule has 0 aromatic heterocycles. The molecule has 0 bridgehead atoms. The van der Waals surface area contributed by atoms with E-state index in [0.29, 0.717) is 0 Å². The normalized spacial score (nSPS) is 12.2. The van der Waals surface area contributed by atoms with Gasteiger partial charge in [0.2, 0.25) is 0 Å². The summed E-state index contributed by atoms with van der Waals surface area (Å²) in [7, 11) is 0. The fourth-order valence-electron chi connectivity index (χ4n) is 2.06. The van der Waals surface area contributed by atoms with E-state index in [1.165, 1.54) is 17.7 Å². The first-order valence-corrected chi connectivity index (χ1v) is 6.30. The van der Waals surface area contributed by atoms with Gasteiger partial charge in [-0.3, -0.25) is 0 Å². The molecule has 1 unspecified atom stereocenters. The van der Waals surface area contributed by atoms with Crippen molar-refractivity contribution in [3.63, 3.8) is 0 Å². The Labute approximate surface area is 112 Å². The Morgan fingerprint density at radius 3 is 2.42 bits per heavy atom. The van der Waals surface area contributed by atoms with Gasteiger partial charge in [-0.2, -0.15) is 0 Å². The molecule has 0 aliphatic heterocycles. The van der Waals surface area contributed by atoms with Gasteiger partial charge in [0, 0.05) is 5.69 Å². The molecule has 0 heterocycles. The van der Waals surface area contributed by atoms with E-state index in [-0.39, 0.29) is 18.5 Å². The minimum Gasteiger partial charge on any atom is -0.394 e. The van der Waals surface area contributed by atoms with Crippen LogP contribution in [0, 0.1) is 19.7 Å². The molecule has 19 heavy (non-hydrogen) atoms. The van der Waals surface area contributed by atoms with Crippen LogP contribution >= 0.6 is 0 Å². The van der Waals surface area contributed by atoms with Crippen LogP contribution in [0.15, 0.2) is 42.5 Å². The van der Waals surface area contributed by atoms with Gasteiger partial charge >= 0.3 is 0 Å². The van der Waals surface area contributed by atoms with Gasteiger partial charge in [-0.15, -0.1) is 0 Å². The quantitative estimate of drug-likeness (QED) is 0.879. The number of rotatable bonds is 4. The molecule has 0 amide bonds. The van der Waals surface area contributed by atoms with Gasteiger partial charge in [0.1, 0.15) is 5.82 Å². The van der Waals surface area contributed by atoms with Crippen molar-refractivity contribution in [2.45, 2.75) is 19.9 Å². The summed E-state index contributed by atoms with van der Waals surface area (Å²) in [6.07, 6.45) is 0. The van der Waals surface area contributed by atoms with E-state index in [1.54, 1.807) is 6.07 Å². The first-order valence-electron chi connectivity index (χ1n) is 6.30. The van der Waals surface area contributed by atoms with Crippen LogP contribution in [0.2, 0.25) is 0 Å². The van der Waals surface area contributed by atoms with E-state index in [4.69, 9.17) is 0 Å². The molecule has 2 rings (SSSR count). The van der Waals surface area contributed by atoms with Crippen molar-refractivity contribution in [3.8, 4) is 0 Å². The number of hydrogen-bond donors (Lipinski definition) is 2. The summed E-state index contributed by atoms with van der Waals surface area (Å²) in [5.74, 6) is -0.287. The van der Waals surface area contributed by atoms with E-state index in [2.05, 4.69) is 5.32 Å². The van der Waals surface area contributed by atoms with Crippen LogP contribution < -0.4 is 5.32 Å². The van der Waals surface area contributed by atoms with Crippen molar-refractivity contribution in [1.82, 2.24) is 0 Å². The van der Waals surface area contributed by atoms with Gasteiger partial charge in [0.05, 0.1) is 12.6 Å². The highest BCUT2D eigenvalue weighted by Crippen LogP contribution is 2.23. The highest BCUT2D eigenvalue weighted by atomic mass is 19.1. The summed E-state index contributed by atoms with van der Waals surface area (Å²) < 4.78 is 13.3. The third kappa shape index (κ3) is 3.32. The van der Waals surface area contributed by atoms with Crippen molar-refractivity contribution in [2.75, 3.05) is 11.9 Å². The lowest BCUT2D eigenvalue weighted by atomic mass is 10.0.